The molecule has 0 spiro atoms. The molecule has 0 saturated heterocycles. The molecule has 2 rings (SSSR count). The zero-order valence-corrected chi connectivity index (χ0v) is 11.1. The fourth-order valence-electron chi connectivity index (χ4n) is 2.93. The van der Waals surface area contributed by atoms with Crippen LogP contribution in [0.2, 0.25) is 0 Å². The van der Waals surface area contributed by atoms with E-state index < -0.39 is 0 Å². The van der Waals surface area contributed by atoms with Crippen molar-refractivity contribution in [1.82, 2.24) is 0 Å². The second-order valence-corrected chi connectivity index (χ2v) is 5.22. The smallest absolute Gasteiger partial charge is 0.0273 e. The first-order chi connectivity index (χ1) is 7.99. The van der Waals surface area contributed by atoms with Gasteiger partial charge in [-0.15, -0.1) is 0 Å². The zero-order valence-electron chi connectivity index (χ0n) is 11.1. The summed E-state index contributed by atoms with van der Waals surface area (Å²) < 4.78 is 0. The Morgan fingerprint density at radius 3 is 2.18 bits per heavy atom. The third kappa shape index (κ3) is 2.28. The monoisotopic (exact) mass is 227 g/mol. The van der Waals surface area contributed by atoms with E-state index in [-0.39, 0.29) is 0 Å². The summed E-state index contributed by atoms with van der Waals surface area (Å²) in [5.41, 5.74) is 12.3. The standard InChI is InChI=1S/C16H21N/c1-10-7-12(3)16(13(4)8-10)15-6-5-14(17)9-11(15)2/h5-9,11,15H,17H2,1-4H3/t11-,15-/m0/s1. The topological polar surface area (TPSA) is 26.0 Å². The van der Waals surface area contributed by atoms with Crippen molar-refractivity contribution >= 4 is 0 Å². The minimum atomic E-state index is 0.461. The van der Waals surface area contributed by atoms with E-state index in [1.165, 1.54) is 22.3 Å². The Morgan fingerprint density at radius 2 is 1.65 bits per heavy atom. The number of nitrogens with two attached hydrogens (primary N) is 1. The second kappa shape index (κ2) is 4.40. The molecule has 0 radical (unpaired) electrons. The molecular weight excluding hydrogens is 206 g/mol. The Bertz CT molecular complexity index is 471. The highest BCUT2D eigenvalue weighted by Gasteiger charge is 2.21. The summed E-state index contributed by atoms with van der Waals surface area (Å²) in [5, 5.41) is 0. The van der Waals surface area contributed by atoms with Crippen molar-refractivity contribution in [3.05, 3.63) is 58.3 Å². The molecule has 1 heteroatoms. The number of rotatable bonds is 1. The summed E-state index contributed by atoms with van der Waals surface area (Å²) in [7, 11) is 0. The maximum atomic E-state index is 5.84. The molecule has 1 aromatic carbocycles. The van der Waals surface area contributed by atoms with Crippen LogP contribution < -0.4 is 5.73 Å². The lowest BCUT2D eigenvalue weighted by atomic mass is 9.79. The van der Waals surface area contributed by atoms with E-state index in [4.69, 9.17) is 5.73 Å². The van der Waals surface area contributed by atoms with Crippen LogP contribution in [0.5, 0.6) is 0 Å². The highest BCUT2D eigenvalue weighted by molar-refractivity contribution is 5.44. The molecule has 2 N–H and O–H groups in total. The first kappa shape index (κ1) is 12.0. The molecule has 1 aliphatic rings. The molecule has 0 heterocycles. The molecule has 0 amide bonds. The fourth-order valence-corrected chi connectivity index (χ4v) is 2.93. The predicted molar refractivity (Wildman–Crippen MR) is 74.0 cm³/mol. The number of hydrogen-bond donors (Lipinski definition) is 1. The number of allylic oxidation sites excluding steroid dienone is 3. The van der Waals surface area contributed by atoms with E-state index in [1.54, 1.807) is 0 Å². The summed E-state index contributed by atoms with van der Waals surface area (Å²) in [5.74, 6) is 0.933. The van der Waals surface area contributed by atoms with Crippen molar-refractivity contribution in [3.63, 3.8) is 0 Å². The molecule has 90 valence electrons. The van der Waals surface area contributed by atoms with Crippen molar-refractivity contribution in [2.45, 2.75) is 33.6 Å². The molecule has 0 aliphatic heterocycles. The quantitative estimate of drug-likeness (QED) is 0.777. The normalized spacial score (nSPS) is 23.6. The van der Waals surface area contributed by atoms with Gasteiger partial charge in [-0.3, -0.25) is 0 Å². The molecule has 1 aromatic rings. The van der Waals surface area contributed by atoms with Gasteiger partial charge in [-0.1, -0.05) is 36.8 Å². The molecule has 1 nitrogen and oxygen atoms in total. The van der Waals surface area contributed by atoms with E-state index in [0.717, 1.165) is 5.70 Å². The first-order valence-corrected chi connectivity index (χ1v) is 6.22. The largest absolute Gasteiger partial charge is 0.399 e. The van der Waals surface area contributed by atoms with E-state index in [0.29, 0.717) is 11.8 Å². The van der Waals surface area contributed by atoms with Crippen LogP contribution in [0.25, 0.3) is 0 Å². The molecule has 1 aliphatic carbocycles. The van der Waals surface area contributed by atoms with Crippen LogP contribution in [-0.2, 0) is 0 Å². The Morgan fingerprint density at radius 1 is 1.06 bits per heavy atom. The lowest BCUT2D eigenvalue weighted by Crippen LogP contribution is -2.14. The zero-order chi connectivity index (χ0) is 12.6. The van der Waals surface area contributed by atoms with Gasteiger partial charge in [-0.05, 0) is 49.5 Å². The van der Waals surface area contributed by atoms with Crippen LogP contribution in [0.1, 0.15) is 35.1 Å². The van der Waals surface area contributed by atoms with Crippen molar-refractivity contribution < 1.29 is 0 Å². The van der Waals surface area contributed by atoms with Crippen molar-refractivity contribution in [3.8, 4) is 0 Å². The molecule has 0 aromatic heterocycles. The fraction of sp³-hybridized carbons (Fsp3) is 0.375. The summed E-state index contributed by atoms with van der Waals surface area (Å²) >= 11 is 0. The highest BCUT2D eigenvalue weighted by Crippen LogP contribution is 2.35. The SMILES string of the molecule is Cc1cc(C)c([C@H]2C=CC(N)=C[C@@H]2C)c(C)c1. The second-order valence-electron chi connectivity index (χ2n) is 5.22. The highest BCUT2D eigenvalue weighted by atomic mass is 14.6. The van der Waals surface area contributed by atoms with Gasteiger partial charge in [0.2, 0.25) is 0 Å². The van der Waals surface area contributed by atoms with Crippen molar-refractivity contribution in [1.29, 1.82) is 0 Å². The molecule has 0 fully saturated rings. The van der Waals surface area contributed by atoms with Crippen LogP contribution in [0.4, 0.5) is 0 Å². The predicted octanol–water partition coefficient (Wildman–Crippen LogP) is 3.74. The van der Waals surface area contributed by atoms with Crippen molar-refractivity contribution in [2.24, 2.45) is 11.7 Å². The van der Waals surface area contributed by atoms with Crippen molar-refractivity contribution in [2.75, 3.05) is 0 Å². The maximum Gasteiger partial charge on any atom is 0.0273 e. The maximum absolute atomic E-state index is 5.84. The molecule has 0 unspecified atom stereocenters. The van der Waals surface area contributed by atoms with E-state index >= 15 is 0 Å². The minimum absolute atomic E-state index is 0.461. The van der Waals surface area contributed by atoms with Crippen LogP contribution in [-0.4, -0.2) is 0 Å². The van der Waals surface area contributed by atoms with E-state index in [9.17, 15) is 0 Å². The van der Waals surface area contributed by atoms with Gasteiger partial charge < -0.3 is 5.73 Å². The van der Waals surface area contributed by atoms with Gasteiger partial charge in [-0.2, -0.15) is 0 Å². The first-order valence-electron chi connectivity index (χ1n) is 6.22. The van der Waals surface area contributed by atoms with Crippen LogP contribution in [0.3, 0.4) is 0 Å². The summed E-state index contributed by atoms with van der Waals surface area (Å²) in [6.45, 7) is 8.80. The average molecular weight is 227 g/mol. The Labute approximate surface area is 104 Å². The molecule has 0 saturated carbocycles. The Kier molecular flexibility index (Phi) is 3.10. The lowest BCUT2D eigenvalue weighted by molar-refractivity contribution is 0.623. The summed E-state index contributed by atoms with van der Waals surface area (Å²) in [6.07, 6.45) is 6.43. The summed E-state index contributed by atoms with van der Waals surface area (Å²) in [4.78, 5) is 0. The van der Waals surface area contributed by atoms with Crippen LogP contribution >= 0.6 is 0 Å². The number of aryl methyl sites for hydroxylation is 3. The van der Waals surface area contributed by atoms with Gasteiger partial charge in [0.15, 0.2) is 0 Å². The van der Waals surface area contributed by atoms with Gasteiger partial charge in [0.05, 0.1) is 0 Å². The molecule has 17 heavy (non-hydrogen) atoms. The molecular formula is C16H21N. The van der Waals surface area contributed by atoms with Gasteiger partial charge in [-0.25, -0.2) is 0 Å². The third-order valence-corrected chi connectivity index (χ3v) is 3.59. The Balaban J connectivity index is 2.46. The van der Waals surface area contributed by atoms with Gasteiger partial charge in [0, 0.05) is 11.6 Å². The average Bonchev–Trinajstić information content (AvgIpc) is 2.19. The Hall–Kier alpha value is -1.50. The van der Waals surface area contributed by atoms with Gasteiger partial charge in [0.1, 0.15) is 0 Å². The number of benzene rings is 1. The van der Waals surface area contributed by atoms with Crippen LogP contribution in [0.15, 0.2) is 36.1 Å². The van der Waals surface area contributed by atoms with Crippen LogP contribution in [0, 0.1) is 26.7 Å². The van der Waals surface area contributed by atoms with E-state index in [1.807, 2.05) is 6.08 Å². The molecule has 2 atom stereocenters. The van der Waals surface area contributed by atoms with Gasteiger partial charge in [0.25, 0.3) is 0 Å². The third-order valence-electron chi connectivity index (χ3n) is 3.59. The van der Waals surface area contributed by atoms with Gasteiger partial charge >= 0.3 is 0 Å². The summed E-state index contributed by atoms with van der Waals surface area (Å²) in [6, 6.07) is 4.54. The number of hydrogen-bond acceptors (Lipinski definition) is 1. The lowest BCUT2D eigenvalue weighted by Gasteiger charge is -2.26. The minimum Gasteiger partial charge on any atom is -0.399 e. The van der Waals surface area contributed by atoms with E-state index in [2.05, 4.69) is 52.0 Å². The molecule has 0 bridgehead atoms.